The zero-order valence-electron chi connectivity index (χ0n) is 19.5. The zero-order valence-corrected chi connectivity index (χ0v) is 20.3. The summed E-state index contributed by atoms with van der Waals surface area (Å²) in [6.45, 7) is 8.15. The first-order chi connectivity index (χ1) is 16.4. The normalized spacial score (nSPS) is 11.3. The second kappa shape index (κ2) is 10.0. The van der Waals surface area contributed by atoms with Crippen LogP contribution >= 0.6 is 11.3 Å². The topological polar surface area (TPSA) is 94.2 Å². The van der Waals surface area contributed by atoms with Crippen molar-refractivity contribution in [3.8, 4) is 5.75 Å². The van der Waals surface area contributed by atoms with Crippen molar-refractivity contribution >= 4 is 39.7 Å². The number of fused-ring (bicyclic) bond motifs is 1. The van der Waals surface area contributed by atoms with Crippen LogP contribution < -0.4 is 10.3 Å². The number of hydrogen-bond donors (Lipinski definition) is 1. The lowest BCUT2D eigenvalue weighted by Gasteiger charge is -2.13. The van der Waals surface area contributed by atoms with E-state index in [0.717, 1.165) is 28.1 Å². The number of H-pyrrole nitrogens is 1. The van der Waals surface area contributed by atoms with Gasteiger partial charge in [-0.1, -0.05) is 12.1 Å². The fourth-order valence-corrected chi connectivity index (χ4v) is 4.83. The fraction of sp³-hybridized carbons (Fsp3) is 0.231. The van der Waals surface area contributed by atoms with Gasteiger partial charge in [-0.15, -0.1) is 11.3 Å². The lowest BCUT2D eigenvalue weighted by Crippen LogP contribution is -2.10. The lowest BCUT2D eigenvalue weighted by atomic mass is 10.1. The molecule has 0 fully saturated rings. The van der Waals surface area contributed by atoms with Crippen LogP contribution in [0.3, 0.4) is 0 Å². The van der Waals surface area contributed by atoms with E-state index in [1.807, 2.05) is 50.3 Å². The van der Waals surface area contributed by atoms with E-state index in [1.165, 1.54) is 11.3 Å². The second-order valence-electron chi connectivity index (χ2n) is 7.83. The van der Waals surface area contributed by atoms with Crippen LogP contribution in [-0.2, 0) is 11.3 Å². The van der Waals surface area contributed by atoms with Crippen LogP contribution in [0.5, 0.6) is 5.75 Å². The third kappa shape index (κ3) is 4.92. The highest BCUT2D eigenvalue weighted by Gasteiger charge is 2.19. The largest absolute Gasteiger partial charge is 0.487 e. The van der Waals surface area contributed by atoms with Crippen molar-refractivity contribution in [2.45, 2.75) is 34.3 Å². The number of carbonyl (C=O) groups is 1. The molecule has 0 atom stereocenters. The summed E-state index contributed by atoms with van der Waals surface area (Å²) in [4.78, 5) is 37.4. The molecule has 0 spiro atoms. The van der Waals surface area contributed by atoms with Crippen LogP contribution in [0.15, 0.2) is 41.3 Å². The number of pyridine rings is 1. The van der Waals surface area contributed by atoms with E-state index in [-0.39, 0.29) is 12.2 Å². The number of nitrogens with zero attached hydrogens (tertiary/aromatic N) is 2. The number of esters is 1. The summed E-state index contributed by atoms with van der Waals surface area (Å²) in [6.07, 6.45) is 5.39. The summed E-state index contributed by atoms with van der Waals surface area (Å²) >= 11 is 1.17. The second-order valence-corrected chi connectivity index (χ2v) is 8.83. The summed E-state index contributed by atoms with van der Waals surface area (Å²) in [5, 5.41) is 0.422. The van der Waals surface area contributed by atoms with Crippen molar-refractivity contribution in [2.75, 3.05) is 6.61 Å². The van der Waals surface area contributed by atoms with E-state index in [1.54, 1.807) is 26.1 Å². The first-order valence-electron chi connectivity index (χ1n) is 10.9. The predicted octanol–water partition coefficient (Wildman–Crippen LogP) is 5.23. The smallest absolute Gasteiger partial charge is 0.348 e. The van der Waals surface area contributed by atoms with Gasteiger partial charge in [0.25, 0.3) is 5.56 Å². The third-order valence-electron chi connectivity index (χ3n) is 5.29. The number of thiophene rings is 1. The Morgan fingerprint density at radius 3 is 2.59 bits per heavy atom. The summed E-state index contributed by atoms with van der Waals surface area (Å²) in [7, 11) is 0. The molecule has 0 radical (unpaired) electrons. The lowest BCUT2D eigenvalue weighted by molar-refractivity contribution is 0.0531. The maximum atomic E-state index is 12.7. The number of carbonyl (C=O) groups excluding carboxylic acids is 1. The Bertz CT molecular complexity index is 1410. The molecule has 34 heavy (non-hydrogen) atoms. The van der Waals surface area contributed by atoms with Crippen molar-refractivity contribution < 1.29 is 14.3 Å². The predicted molar refractivity (Wildman–Crippen MR) is 134 cm³/mol. The van der Waals surface area contributed by atoms with Crippen LogP contribution in [0.25, 0.3) is 22.4 Å². The fourth-order valence-electron chi connectivity index (χ4n) is 3.74. The van der Waals surface area contributed by atoms with Crippen molar-refractivity contribution in [3.63, 3.8) is 0 Å². The highest BCUT2D eigenvalue weighted by molar-refractivity contribution is 7.20. The molecule has 0 bridgehead atoms. The van der Waals surface area contributed by atoms with Crippen LogP contribution in [0, 0.1) is 20.8 Å². The molecule has 0 unspecified atom stereocenters. The first-order valence-corrected chi connectivity index (χ1v) is 11.7. The summed E-state index contributed by atoms with van der Waals surface area (Å²) in [6, 6.07) is 9.77. The van der Waals surface area contributed by atoms with Gasteiger partial charge in [0.1, 0.15) is 27.9 Å². The van der Waals surface area contributed by atoms with Gasteiger partial charge in [-0.3, -0.25) is 9.78 Å². The van der Waals surface area contributed by atoms with Gasteiger partial charge in [-0.2, -0.15) is 0 Å². The maximum absolute atomic E-state index is 12.7. The van der Waals surface area contributed by atoms with E-state index in [0.29, 0.717) is 33.1 Å². The van der Waals surface area contributed by atoms with E-state index < -0.39 is 5.97 Å². The van der Waals surface area contributed by atoms with Gasteiger partial charge in [0.2, 0.25) is 0 Å². The Kier molecular flexibility index (Phi) is 6.88. The average molecular weight is 476 g/mol. The summed E-state index contributed by atoms with van der Waals surface area (Å²) < 4.78 is 11.1. The minimum Gasteiger partial charge on any atom is -0.487 e. The Hall–Kier alpha value is -3.78. The highest BCUT2D eigenvalue weighted by atomic mass is 32.1. The van der Waals surface area contributed by atoms with Gasteiger partial charge >= 0.3 is 5.97 Å². The molecule has 0 aliphatic heterocycles. The standard InChI is InChI=1S/C26H25N3O4S/c1-5-32-26(31)23-17(4)21-24(30)28-20(29-25(21)34-23)10-9-18-12-15(2)22(16(3)13-18)33-14-19-8-6-7-11-27-19/h6-13H,5,14H2,1-4H3,(H,28,29,30)/b10-9+. The zero-order chi connectivity index (χ0) is 24.2. The number of benzene rings is 1. The summed E-state index contributed by atoms with van der Waals surface area (Å²) in [5.74, 6) is 0.812. The Balaban J connectivity index is 1.57. The van der Waals surface area contributed by atoms with Crippen LogP contribution in [0.4, 0.5) is 0 Å². The molecule has 174 valence electrons. The minimum absolute atomic E-state index is 0.274. The quantitative estimate of drug-likeness (QED) is 0.368. The number of nitrogens with one attached hydrogen (secondary N) is 1. The van der Waals surface area contributed by atoms with Gasteiger partial charge < -0.3 is 14.5 Å². The van der Waals surface area contributed by atoms with Gasteiger partial charge in [0, 0.05) is 6.20 Å². The summed E-state index contributed by atoms with van der Waals surface area (Å²) in [5.41, 5.74) is 4.14. The number of aromatic amines is 1. The van der Waals surface area contributed by atoms with E-state index in [4.69, 9.17) is 9.47 Å². The van der Waals surface area contributed by atoms with Gasteiger partial charge in [-0.05, 0) is 80.3 Å². The molecular formula is C26H25N3O4S. The molecule has 8 heteroatoms. The number of hydrogen-bond acceptors (Lipinski definition) is 7. The first kappa shape index (κ1) is 23.4. The monoisotopic (exact) mass is 475 g/mol. The molecule has 1 N–H and O–H groups in total. The molecule has 7 nitrogen and oxygen atoms in total. The molecule has 3 aromatic heterocycles. The van der Waals surface area contributed by atoms with Crippen molar-refractivity contribution in [3.05, 3.63) is 85.5 Å². The molecule has 0 amide bonds. The Morgan fingerprint density at radius 2 is 1.91 bits per heavy atom. The van der Waals surface area contributed by atoms with E-state index in [2.05, 4.69) is 15.0 Å². The van der Waals surface area contributed by atoms with Gasteiger partial charge in [0.15, 0.2) is 0 Å². The number of rotatable bonds is 7. The van der Waals surface area contributed by atoms with Gasteiger partial charge in [0.05, 0.1) is 17.7 Å². The number of aryl methyl sites for hydroxylation is 3. The van der Waals surface area contributed by atoms with Crippen LogP contribution in [-0.4, -0.2) is 27.5 Å². The van der Waals surface area contributed by atoms with E-state index in [9.17, 15) is 9.59 Å². The van der Waals surface area contributed by atoms with Crippen molar-refractivity contribution in [2.24, 2.45) is 0 Å². The molecule has 0 saturated heterocycles. The Morgan fingerprint density at radius 1 is 1.15 bits per heavy atom. The third-order valence-corrected chi connectivity index (χ3v) is 6.45. The molecule has 1 aromatic carbocycles. The average Bonchev–Trinajstić information content (AvgIpc) is 3.15. The highest BCUT2D eigenvalue weighted by Crippen LogP contribution is 2.29. The van der Waals surface area contributed by atoms with E-state index >= 15 is 0 Å². The molecule has 0 aliphatic rings. The SMILES string of the molecule is CCOC(=O)c1sc2nc(/C=C/c3cc(C)c(OCc4ccccn4)c(C)c3)[nH]c(=O)c2c1C. The van der Waals surface area contributed by atoms with Crippen molar-refractivity contribution in [1.82, 2.24) is 15.0 Å². The van der Waals surface area contributed by atoms with Gasteiger partial charge in [-0.25, -0.2) is 9.78 Å². The number of aromatic nitrogens is 3. The molecule has 0 saturated carbocycles. The van der Waals surface area contributed by atoms with Crippen LogP contribution in [0.2, 0.25) is 0 Å². The number of ether oxygens (including phenoxy) is 2. The molecule has 4 rings (SSSR count). The molecule has 0 aliphatic carbocycles. The minimum atomic E-state index is -0.434. The van der Waals surface area contributed by atoms with Crippen LogP contribution in [0.1, 0.15) is 50.4 Å². The Labute approximate surface area is 201 Å². The maximum Gasteiger partial charge on any atom is 0.348 e. The van der Waals surface area contributed by atoms with Crippen molar-refractivity contribution in [1.29, 1.82) is 0 Å². The molecule has 3 heterocycles. The molecule has 4 aromatic rings. The molecular weight excluding hydrogens is 450 g/mol.